The molecule has 6 heteroatoms. The van der Waals surface area contributed by atoms with Gasteiger partial charge in [-0.1, -0.05) is 24.6 Å². The van der Waals surface area contributed by atoms with Crippen LogP contribution in [0.4, 0.5) is 4.39 Å². The van der Waals surface area contributed by atoms with Crippen LogP contribution in [0, 0.1) is 5.82 Å². The van der Waals surface area contributed by atoms with Gasteiger partial charge >= 0.3 is 0 Å². The number of hydrogen-bond acceptors (Lipinski definition) is 4. The molecule has 0 bridgehead atoms. The molecular formula is C13H14FN3OS. The zero-order valence-corrected chi connectivity index (χ0v) is 11.4. The molecule has 1 saturated carbocycles. The maximum absolute atomic E-state index is 13.8. The van der Waals surface area contributed by atoms with Crippen LogP contribution in [0.25, 0.3) is 11.0 Å². The highest BCUT2D eigenvalue weighted by Gasteiger charge is 2.22. The van der Waals surface area contributed by atoms with Gasteiger partial charge in [0.2, 0.25) is 0 Å². The van der Waals surface area contributed by atoms with Crippen LogP contribution in [0.2, 0.25) is 0 Å². The van der Waals surface area contributed by atoms with E-state index in [1.807, 2.05) is 6.26 Å². The van der Waals surface area contributed by atoms with E-state index in [-0.39, 0.29) is 6.04 Å². The van der Waals surface area contributed by atoms with E-state index in [9.17, 15) is 9.18 Å². The molecule has 2 aromatic rings. The summed E-state index contributed by atoms with van der Waals surface area (Å²) in [5.74, 6) is -0.722. The van der Waals surface area contributed by atoms with E-state index < -0.39 is 11.4 Å². The lowest BCUT2D eigenvalue weighted by Crippen LogP contribution is -2.27. The van der Waals surface area contributed by atoms with Crippen molar-refractivity contribution in [1.29, 1.82) is 0 Å². The Morgan fingerprint density at radius 2 is 2.16 bits per heavy atom. The molecule has 2 aromatic heterocycles. The summed E-state index contributed by atoms with van der Waals surface area (Å²) in [4.78, 5) is 20.6. The number of pyridine rings is 1. The van der Waals surface area contributed by atoms with Crippen LogP contribution in [-0.4, -0.2) is 20.8 Å². The van der Waals surface area contributed by atoms with Gasteiger partial charge in [0, 0.05) is 17.6 Å². The molecular weight excluding hydrogens is 265 g/mol. The Morgan fingerprint density at radius 1 is 1.42 bits per heavy atom. The van der Waals surface area contributed by atoms with E-state index in [0.29, 0.717) is 16.2 Å². The van der Waals surface area contributed by atoms with Crippen molar-refractivity contribution in [2.24, 2.45) is 0 Å². The summed E-state index contributed by atoms with van der Waals surface area (Å²) in [6.07, 6.45) is 7.45. The van der Waals surface area contributed by atoms with Gasteiger partial charge in [0.1, 0.15) is 5.65 Å². The van der Waals surface area contributed by atoms with E-state index in [4.69, 9.17) is 0 Å². The normalized spacial score (nSPS) is 16.3. The summed E-state index contributed by atoms with van der Waals surface area (Å²) in [5, 5.41) is 1.19. The van der Waals surface area contributed by atoms with Crippen molar-refractivity contribution in [3.8, 4) is 0 Å². The lowest BCUT2D eigenvalue weighted by atomic mass is 10.2. The number of aromatic nitrogens is 3. The van der Waals surface area contributed by atoms with Crippen molar-refractivity contribution in [3.05, 3.63) is 28.4 Å². The van der Waals surface area contributed by atoms with E-state index in [0.717, 1.165) is 25.7 Å². The molecule has 3 rings (SSSR count). The van der Waals surface area contributed by atoms with Gasteiger partial charge in [-0.3, -0.25) is 9.36 Å². The van der Waals surface area contributed by atoms with Crippen molar-refractivity contribution in [3.63, 3.8) is 0 Å². The number of fused-ring (bicyclic) bond motifs is 1. The van der Waals surface area contributed by atoms with Crippen LogP contribution >= 0.6 is 11.8 Å². The van der Waals surface area contributed by atoms with Gasteiger partial charge in [-0.15, -0.1) is 0 Å². The minimum atomic E-state index is -0.722. The zero-order chi connectivity index (χ0) is 13.4. The third kappa shape index (κ3) is 2.14. The van der Waals surface area contributed by atoms with Crippen molar-refractivity contribution in [2.75, 3.05) is 6.26 Å². The smallest absolute Gasteiger partial charge is 0.287 e. The number of rotatable bonds is 2. The van der Waals surface area contributed by atoms with Crippen molar-refractivity contribution >= 4 is 22.8 Å². The largest absolute Gasteiger partial charge is 0.288 e. The lowest BCUT2D eigenvalue weighted by Gasteiger charge is -2.16. The summed E-state index contributed by atoms with van der Waals surface area (Å²) in [5.41, 5.74) is -0.0113. The van der Waals surface area contributed by atoms with Crippen LogP contribution in [0.15, 0.2) is 22.2 Å². The average Bonchev–Trinajstić information content (AvgIpc) is 2.93. The summed E-state index contributed by atoms with van der Waals surface area (Å²) < 4.78 is 15.3. The Bertz CT molecular complexity index is 679. The number of nitrogens with zero attached hydrogens (tertiary/aromatic N) is 3. The third-order valence-corrected chi connectivity index (χ3v) is 4.14. The first-order valence-electron chi connectivity index (χ1n) is 6.32. The molecule has 1 fully saturated rings. The Labute approximate surface area is 114 Å². The van der Waals surface area contributed by atoms with Gasteiger partial charge in [0.25, 0.3) is 5.56 Å². The average molecular weight is 279 g/mol. The molecule has 0 saturated heterocycles. The molecule has 1 aliphatic carbocycles. The lowest BCUT2D eigenvalue weighted by molar-refractivity contribution is 0.488. The molecule has 4 nitrogen and oxygen atoms in total. The summed E-state index contributed by atoms with van der Waals surface area (Å²) in [6, 6.07) is 1.29. The zero-order valence-electron chi connectivity index (χ0n) is 10.6. The second kappa shape index (κ2) is 4.92. The van der Waals surface area contributed by atoms with Gasteiger partial charge in [-0.05, 0) is 25.2 Å². The summed E-state index contributed by atoms with van der Waals surface area (Å²) >= 11 is 1.41. The topological polar surface area (TPSA) is 47.8 Å². The number of halogens is 1. The van der Waals surface area contributed by atoms with E-state index >= 15 is 0 Å². The van der Waals surface area contributed by atoms with Crippen molar-refractivity contribution in [1.82, 2.24) is 14.5 Å². The first-order valence-corrected chi connectivity index (χ1v) is 7.55. The van der Waals surface area contributed by atoms with Gasteiger partial charge in [0.15, 0.2) is 11.0 Å². The molecule has 0 radical (unpaired) electrons. The second-order valence-electron chi connectivity index (χ2n) is 4.74. The minimum absolute atomic E-state index is 0.0651. The molecule has 0 spiro atoms. The van der Waals surface area contributed by atoms with Crippen LogP contribution in [0.3, 0.4) is 0 Å². The Hall–Kier alpha value is -1.43. The van der Waals surface area contributed by atoms with Gasteiger partial charge in [-0.25, -0.2) is 14.4 Å². The highest BCUT2D eigenvalue weighted by atomic mass is 32.2. The second-order valence-corrected chi connectivity index (χ2v) is 5.51. The Kier molecular flexibility index (Phi) is 3.26. The molecule has 19 heavy (non-hydrogen) atoms. The quantitative estimate of drug-likeness (QED) is 0.626. The minimum Gasteiger partial charge on any atom is -0.287 e. The molecule has 0 aliphatic heterocycles. The fourth-order valence-electron chi connectivity index (χ4n) is 2.67. The van der Waals surface area contributed by atoms with Gasteiger partial charge in [0.05, 0.1) is 0 Å². The van der Waals surface area contributed by atoms with Crippen LogP contribution in [0.1, 0.15) is 31.7 Å². The van der Waals surface area contributed by atoms with Crippen LogP contribution < -0.4 is 5.56 Å². The van der Waals surface area contributed by atoms with Crippen molar-refractivity contribution in [2.45, 2.75) is 36.9 Å². The van der Waals surface area contributed by atoms with Gasteiger partial charge in [-0.2, -0.15) is 0 Å². The standard InChI is InChI=1S/C13H14FN3OS/c1-19-13-15-7-8-6-10(14)12(18)17(11(8)16-13)9-4-2-3-5-9/h6-7,9H,2-5H2,1H3. The SMILES string of the molecule is CSc1ncc2cc(F)c(=O)n(C3CCCC3)c2n1. The van der Waals surface area contributed by atoms with Gasteiger partial charge < -0.3 is 0 Å². The predicted octanol–water partition coefficient (Wildman–Crippen LogP) is 2.77. The molecule has 0 N–H and O–H groups in total. The van der Waals surface area contributed by atoms with Crippen LogP contribution in [0.5, 0.6) is 0 Å². The molecule has 100 valence electrons. The maximum Gasteiger partial charge on any atom is 0.288 e. The van der Waals surface area contributed by atoms with Crippen LogP contribution in [-0.2, 0) is 0 Å². The first-order chi connectivity index (χ1) is 9.20. The molecule has 0 aromatic carbocycles. The summed E-state index contributed by atoms with van der Waals surface area (Å²) in [7, 11) is 0. The predicted molar refractivity (Wildman–Crippen MR) is 73.0 cm³/mol. The number of hydrogen-bond donors (Lipinski definition) is 0. The highest BCUT2D eigenvalue weighted by Crippen LogP contribution is 2.30. The fourth-order valence-corrected chi connectivity index (χ4v) is 3.01. The molecule has 0 unspecified atom stereocenters. The monoisotopic (exact) mass is 279 g/mol. The number of thioether (sulfide) groups is 1. The Balaban J connectivity index is 2.31. The third-order valence-electron chi connectivity index (χ3n) is 3.58. The fraction of sp³-hybridized carbons (Fsp3) is 0.462. The molecule has 0 amide bonds. The van der Waals surface area contributed by atoms with Crippen molar-refractivity contribution < 1.29 is 4.39 Å². The van der Waals surface area contributed by atoms with E-state index in [2.05, 4.69) is 9.97 Å². The molecule has 0 atom stereocenters. The first kappa shape index (κ1) is 12.6. The van der Waals surface area contributed by atoms with E-state index in [1.165, 1.54) is 22.4 Å². The molecule has 2 heterocycles. The van der Waals surface area contributed by atoms with E-state index in [1.54, 1.807) is 6.20 Å². The maximum atomic E-state index is 13.8. The highest BCUT2D eigenvalue weighted by molar-refractivity contribution is 7.98. The molecule has 1 aliphatic rings. The Morgan fingerprint density at radius 3 is 2.84 bits per heavy atom. The summed E-state index contributed by atoms with van der Waals surface area (Å²) in [6.45, 7) is 0.